The van der Waals surface area contributed by atoms with Crippen molar-refractivity contribution >= 4 is 10.0 Å². The van der Waals surface area contributed by atoms with Crippen LogP contribution in [0.3, 0.4) is 0 Å². The molecular formula is C20H28N2O4S. The molecule has 6 nitrogen and oxygen atoms in total. The second-order valence-corrected chi connectivity index (χ2v) is 8.58. The van der Waals surface area contributed by atoms with E-state index in [1.54, 1.807) is 24.3 Å². The van der Waals surface area contributed by atoms with E-state index in [0.29, 0.717) is 30.6 Å². The topological polar surface area (TPSA) is 71.8 Å². The fourth-order valence-corrected chi connectivity index (χ4v) is 4.75. The summed E-state index contributed by atoms with van der Waals surface area (Å²) in [6, 6.07) is 10.7. The Morgan fingerprint density at radius 2 is 1.85 bits per heavy atom. The van der Waals surface area contributed by atoms with Gasteiger partial charge in [-0.05, 0) is 49.2 Å². The van der Waals surface area contributed by atoms with Crippen molar-refractivity contribution in [3.8, 4) is 11.3 Å². The second-order valence-electron chi connectivity index (χ2n) is 6.65. The van der Waals surface area contributed by atoms with Crippen LogP contribution in [0, 0.1) is 0 Å². The standard InChI is InChI=1S/C20H28N2O4S/c1-3-22(4-2)27(23,24)19-10-7-16(8-11-19)20-12-9-18(26-20)15-21-14-17-6-5-13-25-17/h7-12,17,21H,3-6,13-15H2,1-2H3. The molecule has 2 heterocycles. The fourth-order valence-electron chi connectivity index (χ4n) is 3.29. The van der Waals surface area contributed by atoms with Crippen LogP contribution < -0.4 is 5.32 Å². The Morgan fingerprint density at radius 1 is 1.11 bits per heavy atom. The van der Waals surface area contributed by atoms with E-state index < -0.39 is 10.0 Å². The van der Waals surface area contributed by atoms with E-state index in [4.69, 9.17) is 9.15 Å². The molecule has 0 spiro atoms. The molecule has 0 aliphatic carbocycles. The minimum absolute atomic E-state index is 0.305. The molecule has 2 aromatic rings. The Labute approximate surface area is 161 Å². The van der Waals surface area contributed by atoms with Crippen molar-refractivity contribution in [2.24, 2.45) is 0 Å². The maximum atomic E-state index is 12.6. The van der Waals surface area contributed by atoms with E-state index in [1.165, 1.54) is 4.31 Å². The zero-order chi connectivity index (χ0) is 19.3. The lowest BCUT2D eigenvalue weighted by molar-refractivity contribution is 0.109. The van der Waals surface area contributed by atoms with Crippen molar-refractivity contribution in [3.05, 3.63) is 42.2 Å². The number of nitrogens with one attached hydrogen (secondary N) is 1. The number of ether oxygens (including phenoxy) is 1. The van der Waals surface area contributed by atoms with E-state index in [2.05, 4.69) is 5.32 Å². The molecule has 1 unspecified atom stereocenters. The smallest absolute Gasteiger partial charge is 0.243 e. The summed E-state index contributed by atoms with van der Waals surface area (Å²) in [5, 5.41) is 3.36. The van der Waals surface area contributed by atoms with Crippen molar-refractivity contribution < 1.29 is 17.6 Å². The van der Waals surface area contributed by atoms with Crippen molar-refractivity contribution in [1.29, 1.82) is 0 Å². The quantitative estimate of drug-likeness (QED) is 0.709. The first kappa shape index (κ1) is 20.1. The van der Waals surface area contributed by atoms with E-state index in [1.807, 2.05) is 26.0 Å². The number of nitrogens with zero attached hydrogens (tertiary/aromatic N) is 1. The third kappa shape index (κ3) is 4.79. The van der Waals surface area contributed by atoms with E-state index in [9.17, 15) is 8.42 Å². The van der Waals surface area contributed by atoms with Crippen molar-refractivity contribution in [1.82, 2.24) is 9.62 Å². The van der Waals surface area contributed by atoms with Gasteiger partial charge in [0.05, 0.1) is 17.5 Å². The van der Waals surface area contributed by atoms with Gasteiger partial charge >= 0.3 is 0 Å². The minimum atomic E-state index is -3.43. The maximum absolute atomic E-state index is 12.6. The average molecular weight is 393 g/mol. The van der Waals surface area contributed by atoms with E-state index in [0.717, 1.165) is 43.1 Å². The molecule has 1 aromatic heterocycles. The maximum Gasteiger partial charge on any atom is 0.243 e. The summed E-state index contributed by atoms with van der Waals surface area (Å²) in [7, 11) is -3.43. The Balaban J connectivity index is 1.62. The highest BCUT2D eigenvalue weighted by atomic mass is 32.2. The van der Waals surface area contributed by atoms with Gasteiger partial charge in [0.2, 0.25) is 10.0 Å². The van der Waals surface area contributed by atoms with Crippen LogP contribution in [0.2, 0.25) is 0 Å². The Bertz CT molecular complexity index is 820. The van der Waals surface area contributed by atoms with Gasteiger partial charge < -0.3 is 14.5 Å². The highest BCUT2D eigenvalue weighted by Gasteiger charge is 2.21. The normalized spacial score (nSPS) is 17.7. The van der Waals surface area contributed by atoms with Gasteiger partial charge in [-0.15, -0.1) is 0 Å². The van der Waals surface area contributed by atoms with E-state index in [-0.39, 0.29) is 0 Å². The molecule has 0 amide bonds. The molecule has 27 heavy (non-hydrogen) atoms. The number of sulfonamides is 1. The molecule has 7 heteroatoms. The first-order valence-electron chi connectivity index (χ1n) is 9.56. The molecule has 148 valence electrons. The van der Waals surface area contributed by atoms with Crippen molar-refractivity contribution in [2.45, 2.75) is 44.2 Å². The van der Waals surface area contributed by atoms with Gasteiger partial charge in [-0.2, -0.15) is 4.31 Å². The highest BCUT2D eigenvalue weighted by molar-refractivity contribution is 7.89. The predicted molar refractivity (Wildman–Crippen MR) is 105 cm³/mol. The molecule has 1 aliphatic heterocycles. The zero-order valence-corrected chi connectivity index (χ0v) is 16.8. The van der Waals surface area contributed by atoms with Gasteiger partial charge in [-0.25, -0.2) is 8.42 Å². The van der Waals surface area contributed by atoms with Crippen molar-refractivity contribution in [3.63, 3.8) is 0 Å². The molecule has 0 bridgehead atoms. The third-order valence-corrected chi connectivity index (χ3v) is 6.90. The molecular weight excluding hydrogens is 364 g/mol. The monoisotopic (exact) mass is 392 g/mol. The van der Waals surface area contributed by atoms with Gasteiger partial charge in [-0.3, -0.25) is 0 Å². The number of hydrogen-bond acceptors (Lipinski definition) is 5. The second kappa shape index (κ2) is 9.01. The average Bonchev–Trinajstić information content (AvgIpc) is 3.35. The van der Waals surface area contributed by atoms with Gasteiger partial charge in [-0.1, -0.05) is 13.8 Å². The first-order chi connectivity index (χ1) is 13.0. The summed E-state index contributed by atoms with van der Waals surface area (Å²) in [6.45, 7) is 6.93. The van der Waals surface area contributed by atoms with Crippen LogP contribution in [-0.2, 0) is 21.3 Å². The Kier molecular flexibility index (Phi) is 6.70. The van der Waals surface area contributed by atoms with Gasteiger partial charge in [0.25, 0.3) is 0 Å². The minimum Gasteiger partial charge on any atom is -0.460 e. The predicted octanol–water partition coefficient (Wildman–Crippen LogP) is 3.25. The SMILES string of the molecule is CCN(CC)S(=O)(=O)c1ccc(-c2ccc(CNCC3CCCO3)o2)cc1. The lowest BCUT2D eigenvalue weighted by atomic mass is 10.2. The molecule has 1 saturated heterocycles. The Morgan fingerprint density at radius 3 is 2.48 bits per heavy atom. The van der Waals surface area contributed by atoms with Crippen LogP contribution >= 0.6 is 0 Å². The summed E-state index contributed by atoms with van der Waals surface area (Å²) < 4.78 is 38.0. The third-order valence-electron chi connectivity index (χ3n) is 4.84. The van der Waals surface area contributed by atoms with Crippen LogP contribution in [0.1, 0.15) is 32.4 Å². The molecule has 3 rings (SSSR count). The molecule has 1 aromatic carbocycles. The lowest BCUT2D eigenvalue weighted by Gasteiger charge is -2.18. The van der Waals surface area contributed by atoms with Gasteiger partial charge in [0.1, 0.15) is 11.5 Å². The van der Waals surface area contributed by atoms with Crippen molar-refractivity contribution in [2.75, 3.05) is 26.2 Å². The molecule has 1 N–H and O–H groups in total. The Hall–Kier alpha value is -1.67. The van der Waals surface area contributed by atoms with Gasteiger partial charge in [0, 0.05) is 31.8 Å². The number of benzene rings is 1. The molecule has 1 aliphatic rings. The summed E-state index contributed by atoms with van der Waals surface area (Å²) in [6.07, 6.45) is 2.55. The number of hydrogen-bond donors (Lipinski definition) is 1. The van der Waals surface area contributed by atoms with Crippen LogP contribution in [0.4, 0.5) is 0 Å². The number of furan rings is 1. The zero-order valence-electron chi connectivity index (χ0n) is 16.0. The van der Waals surface area contributed by atoms with Crippen LogP contribution in [0.5, 0.6) is 0 Å². The van der Waals surface area contributed by atoms with Crippen LogP contribution in [-0.4, -0.2) is 45.1 Å². The van der Waals surface area contributed by atoms with Gasteiger partial charge in [0.15, 0.2) is 0 Å². The highest BCUT2D eigenvalue weighted by Crippen LogP contribution is 2.25. The largest absolute Gasteiger partial charge is 0.460 e. The lowest BCUT2D eigenvalue weighted by Crippen LogP contribution is -2.30. The summed E-state index contributed by atoms with van der Waals surface area (Å²) in [4.78, 5) is 0.306. The molecule has 1 atom stereocenters. The first-order valence-corrected chi connectivity index (χ1v) is 11.0. The summed E-state index contributed by atoms with van der Waals surface area (Å²) >= 11 is 0. The molecule has 1 fully saturated rings. The van der Waals surface area contributed by atoms with E-state index >= 15 is 0 Å². The summed E-state index contributed by atoms with van der Waals surface area (Å²) in [5.41, 5.74) is 0.860. The summed E-state index contributed by atoms with van der Waals surface area (Å²) in [5.74, 6) is 1.58. The number of rotatable bonds is 9. The van der Waals surface area contributed by atoms with Crippen LogP contribution in [0.25, 0.3) is 11.3 Å². The molecule has 0 saturated carbocycles. The molecule has 0 radical (unpaired) electrons. The fraction of sp³-hybridized carbons (Fsp3) is 0.500. The van der Waals surface area contributed by atoms with Crippen LogP contribution in [0.15, 0.2) is 45.7 Å².